The van der Waals surface area contributed by atoms with Crippen molar-refractivity contribution in [1.29, 1.82) is 0 Å². The zero-order valence-electron chi connectivity index (χ0n) is 8.79. The summed E-state index contributed by atoms with van der Waals surface area (Å²) in [6.07, 6.45) is 0. The minimum Gasteiger partial charge on any atom is -0.300 e. The molecule has 0 N–H and O–H groups in total. The third kappa shape index (κ3) is 3.44. The van der Waals surface area contributed by atoms with Crippen molar-refractivity contribution in [2.24, 2.45) is 0 Å². The van der Waals surface area contributed by atoms with Gasteiger partial charge in [-0.1, -0.05) is 0 Å². The highest BCUT2D eigenvalue weighted by molar-refractivity contribution is 7.63. The van der Waals surface area contributed by atoms with Crippen LogP contribution in [0.25, 0.3) is 0 Å². The van der Waals surface area contributed by atoms with Crippen LogP contribution in [0, 0.1) is 0 Å². The molecule has 0 aliphatic heterocycles. The van der Waals surface area contributed by atoms with Crippen LogP contribution in [0.5, 0.6) is 0 Å². The summed E-state index contributed by atoms with van der Waals surface area (Å²) in [5, 5.41) is 0. The molecule has 0 heterocycles. The second-order valence-corrected chi connectivity index (χ2v) is 6.77. The number of nitrogens with zero attached hydrogens (tertiary/aromatic N) is 1. The van der Waals surface area contributed by atoms with Gasteiger partial charge >= 0.3 is 15.6 Å². The molecule has 0 saturated carbocycles. The predicted molar refractivity (Wildman–Crippen MR) is 51.0 cm³/mol. The second kappa shape index (κ2) is 5.37. The van der Waals surface area contributed by atoms with E-state index in [2.05, 4.69) is 13.6 Å². The molecule has 0 fully saturated rings. The van der Waals surface area contributed by atoms with Crippen LogP contribution in [-0.4, -0.2) is 40.1 Å². The maximum atomic E-state index is 11.8. The molecular weight excluding hydrogens is 232 g/mol. The van der Waals surface area contributed by atoms with Gasteiger partial charge in [-0.3, -0.25) is 13.6 Å². The Hall–Kier alpha value is 0.260. The van der Waals surface area contributed by atoms with Gasteiger partial charge < -0.3 is 0 Å². The molecule has 0 radical (unpaired) electrons. The molecule has 9 heteroatoms. The minimum absolute atomic E-state index is 1.12. The first-order chi connectivity index (χ1) is 6.33. The molecule has 0 spiro atoms. The van der Waals surface area contributed by atoms with Gasteiger partial charge in [0.1, 0.15) is 0 Å². The fourth-order valence-corrected chi connectivity index (χ4v) is 3.41. The molecule has 0 aromatic rings. The SMILES string of the molecule is COP(=O)(OC)OP(=O)(OC)N(C)C. The number of rotatable bonds is 6. The summed E-state index contributed by atoms with van der Waals surface area (Å²) in [5.41, 5.74) is 0. The molecule has 0 saturated heterocycles. The van der Waals surface area contributed by atoms with Crippen molar-refractivity contribution < 1.29 is 27.0 Å². The van der Waals surface area contributed by atoms with E-state index < -0.39 is 15.6 Å². The molecule has 0 rings (SSSR count). The summed E-state index contributed by atoms with van der Waals surface area (Å²) in [6.45, 7) is 0. The summed E-state index contributed by atoms with van der Waals surface area (Å²) < 4.78 is 42.7. The summed E-state index contributed by atoms with van der Waals surface area (Å²) >= 11 is 0. The van der Waals surface area contributed by atoms with Crippen molar-refractivity contribution in [2.75, 3.05) is 35.4 Å². The third-order valence-electron chi connectivity index (χ3n) is 1.37. The topological polar surface area (TPSA) is 74.3 Å². The molecule has 0 aliphatic carbocycles. The Morgan fingerprint density at radius 3 is 1.57 bits per heavy atom. The molecule has 1 atom stereocenters. The van der Waals surface area contributed by atoms with Crippen molar-refractivity contribution in [3.63, 3.8) is 0 Å². The number of phosphoric ester groups is 1. The average molecular weight is 247 g/mol. The Kier molecular flexibility index (Phi) is 5.47. The van der Waals surface area contributed by atoms with Gasteiger partial charge in [0.25, 0.3) is 0 Å². The highest BCUT2D eigenvalue weighted by Crippen LogP contribution is 2.65. The Labute approximate surface area is 83.5 Å². The van der Waals surface area contributed by atoms with E-state index in [1.165, 1.54) is 21.2 Å². The van der Waals surface area contributed by atoms with E-state index in [9.17, 15) is 9.13 Å². The Morgan fingerprint density at radius 2 is 1.36 bits per heavy atom. The normalized spacial score (nSPS) is 17.0. The lowest BCUT2D eigenvalue weighted by Gasteiger charge is -2.24. The van der Waals surface area contributed by atoms with Gasteiger partial charge in [-0.15, -0.1) is 0 Å². The van der Waals surface area contributed by atoms with Gasteiger partial charge in [0.2, 0.25) is 0 Å². The first kappa shape index (κ1) is 14.3. The fourth-order valence-electron chi connectivity index (χ4n) is 0.537. The zero-order chi connectivity index (χ0) is 11.4. The van der Waals surface area contributed by atoms with E-state index in [0.717, 1.165) is 18.9 Å². The maximum Gasteiger partial charge on any atom is 0.482 e. The first-order valence-electron chi connectivity index (χ1n) is 3.60. The molecule has 0 aromatic carbocycles. The first-order valence-corrected chi connectivity index (χ1v) is 6.55. The number of hydrogen-bond donors (Lipinski definition) is 0. The lowest BCUT2D eigenvalue weighted by Crippen LogP contribution is -2.12. The zero-order valence-corrected chi connectivity index (χ0v) is 10.6. The van der Waals surface area contributed by atoms with Crippen LogP contribution in [0.2, 0.25) is 0 Å². The van der Waals surface area contributed by atoms with Crippen LogP contribution in [-0.2, 0) is 27.0 Å². The highest BCUT2D eigenvalue weighted by Gasteiger charge is 2.38. The van der Waals surface area contributed by atoms with Crippen LogP contribution in [0.3, 0.4) is 0 Å². The third-order valence-corrected chi connectivity index (χ3v) is 5.33. The number of phosphoric acid groups is 1. The highest BCUT2D eigenvalue weighted by atomic mass is 31.3. The van der Waals surface area contributed by atoms with E-state index in [0.29, 0.717) is 0 Å². The standard InChI is InChI=1S/C5H15NO6P2/c1-6(2)13(7,9-3)12-14(8,10-4)11-5/h1-5H3. The largest absolute Gasteiger partial charge is 0.482 e. The van der Waals surface area contributed by atoms with Crippen molar-refractivity contribution >= 4 is 15.6 Å². The van der Waals surface area contributed by atoms with Gasteiger partial charge in [0, 0.05) is 21.3 Å². The van der Waals surface area contributed by atoms with Crippen LogP contribution in [0.1, 0.15) is 0 Å². The fraction of sp³-hybridized carbons (Fsp3) is 1.00. The van der Waals surface area contributed by atoms with Crippen LogP contribution in [0.4, 0.5) is 0 Å². The van der Waals surface area contributed by atoms with Crippen LogP contribution < -0.4 is 0 Å². The second-order valence-electron chi connectivity index (χ2n) is 2.39. The average Bonchev–Trinajstić information content (AvgIpc) is 2.17. The molecule has 1 unspecified atom stereocenters. The lowest BCUT2D eigenvalue weighted by molar-refractivity contribution is 0.182. The van der Waals surface area contributed by atoms with Crippen LogP contribution in [0.15, 0.2) is 0 Å². The predicted octanol–water partition coefficient (Wildman–Crippen LogP) is 1.72. The van der Waals surface area contributed by atoms with Gasteiger partial charge in [-0.25, -0.2) is 13.8 Å². The summed E-state index contributed by atoms with van der Waals surface area (Å²) in [7, 11) is -1.07. The molecule has 0 aliphatic rings. The molecule has 0 aromatic heterocycles. The Balaban J connectivity index is 4.78. The van der Waals surface area contributed by atoms with Gasteiger partial charge in [-0.05, 0) is 14.1 Å². The Bertz CT molecular complexity index is 259. The van der Waals surface area contributed by atoms with E-state index in [1.54, 1.807) is 0 Å². The van der Waals surface area contributed by atoms with Gasteiger partial charge in [-0.2, -0.15) is 4.31 Å². The molecule has 14 heavy (non-hydrogen) atoms. The summed E-state index contributed by atoms with van der Waals surface area (Å²) in [6, 6.07) is 0. The maximum absolute atomic E-state index is 11.8. The van der Waals surface area contributed by atoms with Gasteiger partial charge in [0.15, 0.2) is 0 Å². The van der Waals surface area contributed by atoms with Crippen LogP contribution >= 0.6 is 15.6 Å². The number of hydrogen-bond acceptors (Lipinski definition) is 6. The van der Waals surface area contributed by atoms with Crippen molar-refractivity contribution in [2.45, 2.75) is 0 Å². The molecule has 86 valence electrons. The quantitative estimate of drug-likeness (QED) is 0.661. The van der Waals surface area contributed by atoms with E-state index in [1.807, 2.05) is 0 Å². The van der Waals surface area contributed by atoms with E-state index in [4.69, 9.17) is 4.31 Å². The molecule has 7 nitrogen and oxygen atoms in total. The smallest absolute Gasteiger partial charge is 0.300 e. The minimum atomic E-state index is -3.80. The lowest BCUT2D eigenvalue weighted by atomic mass is 11.3. The van der Waals surface area contributed by atoms with Gasteiger partial charge in [0.05, 0.1) is 0 Å². The summed E-state index contributed by atoms with van der Waals surface area (Å²) in [5.74, 6) is 0. The molecular formula is C5H15NO6P2. The van der Waals surface area contributed by atoms with Crippen molar-refractivity contribution in [3.05, 3.63) is 0 Å². The molecule has 0 bridgehead atoms. The Morgan fingerprint density at radius 1 is 0.929 bits per heavy atom. The molecule has 0 amide bonds. The monoisotopic (exact) mass is 247 g/mol. The van der Waals surface area contributed by atoms with Crippen molar-refractivity contribution in [1.82, 2.24) is 4.67 Å². The summed E-state index contributed by atoms with van der Waals surface area (Å²) in [4.78, 5) is 0. The van der Waals surface area contributed by atoms with Crippen molar-refractivity contribution in [3.8, 4) is 0 Å². The van der Waals surface area contributed by atoms with E-state index in [-0.39, 0.29) is 0 Å². The van der Waals surface area contributed by atoms with E-state index >= 15 is 0 Å².